The average Bonchev–Trinajstić information content (AvgIpc) is 4.04. The first-order chi connectivity index (χ1) is 26.1. The number of anilines is 1. The standard InChI is InChI=1S/C38H47N5O11S/c1-37(2,3)54-36(48)40-30-23-51-19-9-5-6-10-24-21-38(24,34(46)42-55(49,50)29-17-18-29)41-32(44)31-20-28(22-43(31)33(30)45)53-35(47)39-25-13-15-27(16-14-25)52-26-11-7-4-8-12-26/h4,6-8,10-16,24,28-31H,5,9,17-23H2,1-3H3,(H,39,47)(H,40,48)(H,41,44)(H,42,46)/b10-6-/t24-,28-,30+,31+,38-/m1/s1. The minimum absolute atomic E-state index is 0.138. The number of benzene rings is 2. The van der Waals surface area contributed by atoms with Crippen molar-refractivity contribution in [2.45, 2.75) is 93.9 Å². The number of amides is 5. The number of nitrogens with zero attached hydrogens (tertiary/aromatic N) is 1. The number of para-hydroxylation sites is 1. The van der Waals surface area contributed by atoms with Crippen molar-refractivity contribution in [3.63, 3.8) is 0 Å². The van der Waals surface area contributed by atoms with Gasteiger partial charge in [-0.2, -0.15) is 0 Å². The van der Waals surface area contributed by atoms with E-state index in [1.807, 2.05) is 24.3 Å². The Bertz CT molecular complexity index is 1900. The summed E-state index contributed by atoms with van der Waals surface area (Å²) < 4.78 is 50.4. The molecule has 2 aliphatic heterocycles. The maximum Gasteiger partial charge on any atom is 0.411 e. The molecule has 296 valence electrons. The van der Waals surface area contributed by atoms with Crippen molar-refractivity contribution in [3.8, 4) is 11.5 Å². The molecule has 1 saturated heterocycles. The van der Waals surface area contributed by atoms with Gasteiger partial charge in [-0.05, 0) is 89.3 Å². The number of alkyl carbamates (subject to hydrolysis) is 1. The third-order valence-electron chi connectivity index (χ3n) is 9.47. The number of nitrogens with one attached hydrogen (secondary N) is 4. The number of carbonyl (C=O) groups is 5. The van der Waals surface area contributed by atoms with Crippen molar-refractivity contribution < 1.29 is 51.3 Å². The van der Waals surface area contributed by atoms with Gasteiger partial charge >= 0.3 is 12.2 Å². The summed E-state index contributed by atoms with van der Waals surface area (Å²) in [6.07, 6.45) is 2.82. The fourth-order valence-electron chi connectivity index (χ4n) is 6.46. The van der Waals surface area contributed by atoms with Crippen LogP contribution in [0.1, 0.15) is 59.3 Å². The smallest absolute Gasteiger partial charge is 0.411 e. The quantitative estimate of drug-likeness (QED) is 0.284. The van der Waals surface area contributed by atoms with Gasteiger partial charge in [0.25, 0.3) is 5.91 Å². The Balaban J connectivity index is 1.20. The second kappa shape index (κ2) is 16.3. The first-order valence-electron chi connectivity index (χ1n) is 18.3. The predicted molar refractivity (Wildman–Crippen MR) is 198 cm³/mol. The molecule has 5 atom stereocenters. The zero-order valence-corrected chi connectivity index (χ0v) is 31.8. The molecule has 0 spiro atoms. The molecule has 2 aromatic carbocycles. The van der Waals surface area contributed by atoms with E-state index in [0.717, 1.165) is 0 Å². The molecule has 4 N–H and O–H groups in total. The van der Waals surface area contributed by atoms with Crippen LogP contribution in [0.5, 0.6) is 11.5 Å². The molecule has 0 unspecified atom stereocenters. The molecule has 0 radical (unpaired) electrons. The van der Waals surface area contributed by atoms with Gasteiger partial charge in [0.2, 0.25) is 21.8 Å². The lowest BCUT2D eigenvalue weighted by Gasteiger charge is -2.30. The van der Waals surface area contributed by atoms with E-state index < -0.39 is 80.4 Å². The van der Waals surface area contributed by atoms with Crippen molar-refractivity contribution in [1.82, 2.24) is 20.3 Å². The zero-order valence-electron chi connectivity index (χ0n) is 30.9. The lowest BCUT2D eigenvalue weighted by molar-refractivity contribution is -0.142. The van der Waals surface area contributed by atoms with Gasteiger partial charge in [0.1, 0.15) is 40.8 Å². The highest BCUT2D eigenvalue weighted by Gasteiger charge is 2.62. The van der Waals surface area contributed by atoms with Gasteiger partial charge in [0, 0.05) is 24.6 Å². The average molecular weight is 782 g/mol. The van der Waals surface area contributed by atoms with E-state index in [4.69, 9.17) is 18.9 Å². The number of fused-ring (bicyclic) bond motifs is 2. The second-order valence-electron chi connectivity index (χ2n) is 15.1. The fourth-order valence-corrected chi connectivity index (χ4v) is 7.82. The topological polar surface area (TPSA) is 208 Å². The molecular weight excluding hydrogens is 735 g/mol. The number of hydrogen-bond acceptors (Lipinski definition) is 11. The van der Waals surface area contributed by atoms with Gasteiger partial charge in [-0.25, -0.2) is 18.0 Å². The molecule has 0 bridgehead atoms. The van der Waals surface area contributed by atoms with Crippen molar-refractivity contribution >= 4 is 45.6 Å². The van der Waals surface area contributed by atoms with Crippen LogP contribution in [-0.2, 0) is 38.6 Å². The molecule has 6 rings (SSSR count). The molecule has 2 aromatic rings. The molecule has 2 heterocycles. The van der Waals surface area contributed by atoms with Crippen molar-refractivity contribution in [1.29, 1.82) is 0 Å². The molecule has 17 heteroatoms. The van der Waals surface area contributed by atoms with E-state index >= 15 is 0 Å². The minimum atomic E-state index is -3.93. The van der Waals surface area contributed by atoms with Gasteiger partial charge in [0.15, 0.2) is 0 Å². The summed E-state index contributed by atoms with van der Waals surface area (Å²) in [4.78, 5) is 69.1. The Kier molecular flexibility index (Phi) is 11.7. The van der Waals surface area contributed by atoms with E-state index in [0.29, 0.717) is 42.9 Å². The van der Waals surface area contributed by atoms with Crippen molar-refractivity contribution in [2.24, 2.45) is 5.92 Å². The van der Waals surface area contributed by atoms with E-state index in [9.17, 15) is 32.4 Å². The van der Waals surface area contributed by atoms with Gasteiger partial charge in [-0.15, -0.1) is 0 Å². The molecule has 2 saturated carbocycles. The molecule has 4 aliphatic rings. The monoisotopic (exact) mass is 781 g/mol. The van der Waals surface area contributed by atoms with Crippen molar-refractivity contribution in [2.75, 3.05) is 25.1 Å². The molecular formula is C38H47N5O11S. The number of carbonyl (C=O) groups excluding carboxylic acids is 5. The number of allylic oxidation sites excluding steroid dienone is 1. The van der Waals surface area contributed by atoms with Gasteiger partial charge in [0.05, 0.1) is 18.4 Å². The predicted octanol–water partition coefficient (Wildman–Crippen LogP) is 3.74. The maximum absolute atomic E-state index is 14.2. The first kappa shape index (κ1) is 39.5. The fraction of sp³-hybridized carbons (Fsp3) is 0.500. The Hall–Kier alpha value is -5.16. The lowest BCUT2D eigenvalue weighted by Crippen LogP contribution is -2.59. The summed E-state index contributed by atoms with van der Waals surface area (Å²) in [5, 5.41) is 7.29. The highest BCUT2D eigenvalue weighted by Crippen LogP contribution is 2.46. The summed E-state index contributed by atoms with van der Waals surface area (Å²) in [5.41, 5.74) is -2.06. The van der Waals surface area contributed by atoms with E-state index in [1.165, 1.54) is 4.90 Å². The highest BCUT2D eigenvalue weighted by atomic mass is 32.2. The Morgan fingerprint density at radius 1 is 0.982 bits per heavy atom. The van der Waals surface area contributed by atoms with Crippen LogP contribution in [0.25, 0.3) is 0 Å². The van der Waals surface area contributed by atoms with Gasteiger partial charge in [-0.1, -0.05) is 30.4 Å². The molecule has 5 amide bonds. The van der Waals surface area contributed by atoms with Gasteiger partial charge in [-0.3, -0.25) is 24.4 Å². The number of hydrogen-bond donors (Lipinski definition) is 4. The highest BCUT2D eigenvalue weighted by molar-refractivity contribution is 7.91. The summed E-state index contributed by atoms with van der Waals surface area (Å²) in [6, 6.07) is 13.2. The molecule has 2 aliphatic carbocycles. The normalized spacial score (nSPS) is 26.4. The van der Waals surface area contributed by atoms with Crippen LogP contribution < -0.4 is 25.4 Å². The maximum atomic E-state index is 14.2. The van der Waals surface area contributed by atoms with Crippen molar-refractivity contribution in [3.05, 3.63) is 66.7 Å². The summed E-state index contributed by atoms with van der Waals surface area (Å²) in [7, 11) is -3.93. The summed E-state index contributed by atoms with van der Waals surface area (Å²) >= 11 is 0. The Morgan fingerprint density at radius 3 is 2.38 bits per heavy atom. The summed E-state index contributed by atoms with van der Waals surface area (Å²) in [5.74, 6) is -1.65. The minimum Gasteiger partial charge on any atom is -0.457 e. The molecule has 3 fully saturated rings. The number of rotatable bonds is 8. The third kappa shape index (κ3) is 10.3. The van der Waals surface area contributed by atoms with E-state index in [1.54, 1.807) is 63.2 Å². The van der Waals surface area contributed by atoms with Crippen LogP contribution in [0, 0.1) is 5.92 Å². The zero-order chi connectivity index (χ0) is 39.4. The van der Waals surface area contributed by atoms with Crippen LogP contribution in [0.4, 0.5) is 15.3 Å². The van der Waals surface area contributed by atoms with E-state index in [-0.39, 0.29) is 32.6 Å². The Morgan fingerprint density at radius 2 is 1.69 bits per heavy atom. The largest absolute Gasteiger partial charge is 0.457 e. The summed E-state index contributed by atoms with van der Waals surface area (Å²) in [6.45, 7) is 4.76. The molecule has 55 heavy (non-hydrogen) atoms. The van der Waals surface area contributed by atoms with Crippen LogP contribution in [0.3, 0.4) is 0 Å². The first-order valence-corrected chi connectivity index (χ1v) is 19.9. The lowest BCUT2D eigenvalue weighted by atomic mass is 10.1. The molecule has 16 nitrogen and oxygen atoms in total. The second-order valence-corrected chi connectivity index (χ2v) is 17.1. The van der Waals surface area contributed by atoms with Crippen LogP contribution in [-0.4, -0.2) is 97.6 Å². The third-order valence-corrected chi connectivity index (χ3v) is 11.3. The SMILES string of the molecule is CC(C)(C)OC(=O)N[C@H]1COCCC/C=C\[C@@H]2C[C@@]2(C(=O)NS(=O)(=O)C2CC2)NC(=O)[C@@H]2C[C@@H](OC(=O)Nc3ccc(Oc4ccccc4)cc3)CN2C1=O. The van der Waals surface area contributed by atoms with Crippen LogP contribution in [0.15, 0.2) is 66.7 Å². The van der Waals surface area contributed by atoms with Crippen LogP contribution >= 0.6 is 0 Å². The van der Waals surface area contributed by atoms with E-state index in [2.05, 4.69) is 20.7 Å². The number of ether oxygens (including phenoxy) is 4. The molecule has 0 aromatic heterocycles. The van der Waals surface area contributed by atoms with Gasteiger partial charge < -0.3 is 34.5 Å². The number of sulfonamides is 1. The Labute approximate surface area is 319 Å². The van der Waals surface area contributed by atoms with Crippen LogP contribution in [0.2, 0.25) is 0 Å².